The van der Waals surface area contributed by atoms with Gasteiger partial charge < -0.3 is 9.47 Å². The second-order valence-corrected chi connectivity index (χ2v) is 9.81. The van der Waals surface area contributed by atoms with E-state index in [0.29, 0.717) is 35.8 Å². The predicted molar refractivity (Wildman–Crippen MR) is 99.7 cm³/mol. The average Bonchev–Trinajstić information content (AvgIpc) is 3.20. The Morgan fingerprint density at radius 1 is 1.04 bits per heavy atom. The van der Waals surface area contributed by atoms with Crippen LogP contribution in [0.25, 0.3) is 0 Å². The van der Waals surface area contributed by atoms with Crippen LogP contribution < -0.4 is 0 Å². The fourth-order valence-electron chi connectivity index (χ4n) is 7.48. The van der Waals surface area contributed by atoms with Gasteiger partial charge in [0.25, 0.3) is 0 Å². The Bertz CT molecular complexity index is 636. The van der Waals surface area contributed by atoms with Gasteiger partial charge in [0.2, 0.25) is 0 Å². The SMILES string of the molecule is CC[C@@H]1[C@@H]2CCCCN3[C@H]2[C@H](C[C@H]3[C@@H]2C[C@H](C)C(=O)O2)[C@H]2[C@H]1OC(=O)[C@H]2C. The number of ether oxygens (including phenoxy) is 2. The van der Waals surface area contributed by atoms with Crippen molar-refractivity contribution in [3.8, 4) is 0 Å². The molecular weight excluding hydrogens is 342 g/mol. The van der Waals surface area contributed by atoms with Crippen LogP contribution in [0.1, 0.15) is 59.3 Å². The maximum absolute atomic E-state index is 12.5. The Morgan fingerprint density at radius 2 is 1.85 bits per heavy atom. The monoisotopic (exact) mass is 375 g/mol. The first-order valence-electron chi connectivity index (χ1n) is 11.2. The molecule has 5 fully saturated rings. The summed E-state index contributed by atoms with van der Waals surface area (Å²) in [5.41, 5.74) is 0. The van der Waals surface area contributed by atoms with Gasteiger partial charge in [-0.25, -0.2) is 0 Å². The lowest BCUT2D eigenvalue weighted by atomic mass is 9.60. The standard InChI is InChI=1S/C22H33NO4/c1-4-13-14-7-5-6-8-23-16(17-9-11(2)21(24)26-17)10-15(19(14)23)18-12(3)22(25)27-20(13)18/h11-20H,4-10H2,1-3H3/t11-,12-,13+,14-,15+,16-,17-,18-,19+,20-/m0/s1. The van der Waals surface area contributed by atoms with Gasteiger partial charge in [-0.1, -0.05) is 27.2 Å². The number of carbonyl (C=O) groups excluding carboxylic acids is 2. The highest BCUT2D eigenvalue weighted by Gasteiger charge is 2.63. The van der Waals surface area contributed by atoms with Crippen molar-refractivity contribution in [1.82, 2.24) is 4.90 Å². The Morgan fingerprint density at radius 3 is 2.56 bits per heavy atom. The fraction of sp³-hybridized carbons (Fsp3) is 0.909. The van der Waals surface area contributed by atoms with Crippen LogP contribution in [0.3, 0.4) is 0 Å². The number of hydrogen-bond acceptors (Lipinski definition) is 5. The summed E-state index contributed by atoms with van der Waals surface area (Å²) in [6, 6.07) is 0.865. The van der Waals surface area contributed by atoms with Gasteiger partial charge in [-0.2, -0.15) is 0 Å². The van der Waals surface area contributed by atoms with Gasteiger partial charge in [-0.05, 0) is 50.5 Å². The maximum Gasteiger partial charge on any atom is 0.309 e. The van der Waals surface area contributed by atoms with Gasteiger partial charge in [-0.3, -0.25) is 14.5 Å². The molecule has 0 bridgehead atoms. The minimum absolute atomic E-state index is 0.00362. The average molecular weight is 376 g/mol. The van der Waals surface area contributed by atoms with Gasteiger partial charge >= 0.3 is 11.9 Å². The van der Waals surface area contributed by atoms with E-state index in [1.165, 1.54) is 19.3 Å². The fourth-order valence-corrected chi connectivity index (χ4v) is 7.48. The third kappa shape index (κ3) is 2.53. The number of rotatable bonds is 2. The highest BCUT2D eigenvalue weighted by atomic mass is 16.6. The van der Waals surface area contributed by atoms with E-state index in [9.17, 15) is 9.59 Å². The molecule has 1 aliphatic carbocycles. The highest BCUT2D eigenvalue weighted by molar-refractivity contribution is 5.75. The summed E-state index contributed by atoms with van der Waals surface area (Å²) >= 11 is 0. The summed E-state index contributed by atoms with van der Waals surface area (Å²) in [4.78, 5) is 27.3. The minimum atomic E-state index is -0.0294. The molecular formula is C22H33NO4. The summed E-state index contributed by atoms with van der Waals surface area (Å²) in [6.45, 7) is 7.44. The summed E-state index contributed by atoms with van der Waals surface area (Å²) in [7, 11) is 0. The van der Waals surface area contributed by atoms with Crippen LogP contribution in [0.5, 0.6) is 0 Å². The number of fused-ring (bicyclic) bond motifs is 2. The number of carbonyl (C=O) groups is 2. The maximum atomic E-state index is 12.5. The van der Waals surface area contributed by atoms with Crippen LogP contribution in [-0.2, 0) is 19.1 Å². The van der Waals surface area contributed by atoms with E-state index in [1.807, 2.05) is 6.92 Å². The van der Waals surface area contributed by atoms with Crippen molar-refractivity contribution >= 4 is 11.9 Å². The topological polar surface area (TPSA) is 55.8 Å². The third-order valence-corrected chi connectivity index (χ3v) is 8.61. The van der Waals surface area contributed by atoms with Crippen molar-refractivity contribution in [3.63, 3.8) is 0 Å². The van der Waals surface area contributed by atoms with E-state index in [1.54, 1.807) is 0 Å². The molecule has 0 aromatic rings. The Labute approximate surface area is 162 Å². The van der Waals surface area contributed by atoms with Gasteiger partial charge in [0.05, 0.1) is 11.8 Å². The molecule has 0 unspecified atom stereocenters. The molecule has 5 nitrogen and oxygen atoms in total. The van der Waals surface area contributed by atoms with Gasteiger partial charge in [-0.15, -0.1) is 0 Å². The van der Waals surface area contributed by atoms with Crippen LogP contribution in [-0.4, -0.2) is 47.7 Å². The van der Waals surface area contributed by atoms with Gasteiger partial charge in [0, 0.05) is 23.9 Å². The van der Waals surface area contributed by atoms with Crippen LogP contribution >= 0.6 is 0 Å². The number of nitrogens with zero attached hydrogens (tertiary/aromatic N) is 1. The van der Waals surface area contributed by atoms with Crippen LogP contribution in [0, 0.1) is 35.5 Å². The second-order valence-electron chi connectivity index (χ2n) is 9.81. The largest absolute Gasteiger partial charge is 0.462 e. The quantitative estimate of drug-likeness (QED) is 0.695. The smallest absolute Gasteiger partial charge is 0.309 e. The van der Waals surface area contributed by atoms with E-state index in [4.69, 9.17) is 9.47 Å². The number of cyclic esters (lactones) is 1. The zero-order chi connectivity index (χ0) is 18.9. The van der Waals surface area contributed by atoms with Crippen molar-refractivity contribution in [1.29, 1.82) is 0 Å². The lowest BCUT2D eigenvalue weighted by molar-refractivity contribution is -0.148. The normalized spacial score (nSPS) is 52.1. The molecule has 0 amide bonds. The molecule has 150 valence electrons. The van der Waals surface area contributed by atoms with E-state index < -0.39 is 0 Å². The first-order chi connectivity index (χ1) is 13.0. The number of esters is 2. The summed E-state index contributed by atoms with van der Waals surface area (Å²) in [5.74, 6) is 1.94. The van der Waals surface area contributed by atoms with Crippen LogP contribution in [0.15, 0.2) is 0 Å². The van der Waals surface area contributed by atoms with Gasteiger partial charge in [0.15, 0.2) is 0 Å². The molecule has 0 radical (unpaired) electrons. The molecule has 0 N–H and O–H groups in total. The van der Waals surface area contributed by atoms with E-state index in [0.717, 1.165) is 25.8 Å². The minimum Gasteiger partial charge on any atom is -0.462 e. The van der Waals surface area contributed by atoms with Crippen LogP contribution in [0.4, 0.5) is 0 Å². The molecule has 5 heteroatoms. The highest BCUT2D eigenvalue weighted by Crippen LogP contribution is 2.57. The lowest BCUT2D eigenvalue weighted by Crippen LogP contribution is -2.54. The van der Waals surface area contributed by atoms with E-state index in [2.05, 4.69) is 18.7 Å². The van der Waals surface area contributed by atoms with Crippen molar-refractivity contribution in [2.24, 2.45) is 35.5 Å². The van der Waals surface area contributed by atoms with Crippen molar-refractivity contribution < 1.29 is 19.1 Å². The second kappa shape index (κ2) is 6.47. The third-order valence-electron chi connectivity index (χ3n) is 8.61. The molecule has 0 aromatic heterocycles. The molecule has 5 rings (SSSR count). The first-order valence-corrected chi connectivity index (χ1v) is 11.2. The first kappa shape index (κ1) is 18.0. The summed E-state index contributed by atoms with van der Waals surface area (Å²) < 4.78 is 11.8. The van der Waals surface area contributed by atoms with Crippen molar-refractivity contribution in [3.05, 3.63) is 0 Å². The molecule has 4 saturated heterocycles. The zero-order valence-corrected chi connectivity index (χ0v) is 16.8. The molecule has 4 aliphatic heterocycles. The molecule has 10 atom stereocenters. The van der Waals surface area contributed by atoms with Gasteiger partial charge in [0.1, 0.15) is 12.2 Å². The molecule has 0 spiro atoms. The molecule has 27 heavy (non-hydrogen) atoms. The molecule has 4 heterocycles. The number of hydrogen-bond donors (Lipinski definition) is 0. The Hall–Kier alpha value is -1.10. The summed E-state index contributed by atoms with van der Waals surface area (Å²) in [6.07, 6.45) is 6.87. The van der Waals surface area contributed by atoms with E-state index in [-0.39, 0.29) is 36.0 Å². The Kier molecular flexibility index (Phi) is 4.30. The van der Waals surface area contributed by atoms with Crippen LogP contribution in [0.2, 0.25) is 0 Å². The van der Waals surface area contributed by atoms with E-state index >= 15 is 0 Å². The summed E-state index contributed by atoms with van der Waals surface area (Å²) in [5, 5.41) is 0. The van der Waals surface area contributed by atoms with Crippen molar-refractivity contribution in [2.75, 3.05) is 6.54 Å². The molecule has 1 saturated carbocycles. The zero-order valence-electron chi connectivity index (χ0n) is 16.8. The Balaban J connectivity index is 1.51. The van der Waals surface area contributed by atoms with Crippen molar-refractivity contribution in [2.45, 2.75) is 83.6 Å². The predicted octanol–water partition coefficient (Wildman–Crippen LogP) is 3.01. The molecule has 5 aliphatic rings. The lowest BCUT2D eigenvalue weighted by Gasteiger charge is -2.48. The molecule has 0 aromatic carbocycles.